The van der Waals surface area contributed by atoms with Gasteiger partial charge in [0.1, 0.15) is 23.4 Å². The molecule has 342 valence electrons. The number of rotatable bonds is 12. The highest BCUT2D eigenvalue weighted by Crippen LogP contribution is 2.45. The first kappa shape index (κ1) is 42.2. The summed E-state index contributed by atoms with van der Waals surface area (Å²) in [5.74, 6) is 3.78. The second kappa shape index (κ2) is 16.8. The van der Waals surface area contributed by atoms with E-state index in [1.165, 1.54) is 32.1 Å². The summed E-state index contributed by atoms with van der Waals surface area (Å²) in [4.78, 5) is 67.2. The van der Waals surface area contributed by atoms with Gasteiger partial charge in [-0.1, -0.05) is 13.0 Å². The number of nitrogens with one attached hydrogen (secondary N) is 1. The number of aryl methyl sites for hydroxylation is 1. The zero-order chi connectivity index (χ0) is 44.6. The Hall–Kier alpha value is -5.47. The minimum absolute atomic E-state index is 0.0525. The van der Waals surface area contributed by atoms with Gasteiger partial charge in [0.2, 0.25) is 11.8 Å². The Balaban J connectivity index is 0.707. The van der Waals surface area contributed by atoms with E-state index >= 15 is 0 Å². The van der Waals surface area contributed by atoms with Crippen molar-refractivity contribution in [2.75, 3.05) is 82.4 Å². The van der Waals surface area contributed by atoms with Gasteiger partial charge in [-0.25, -0.2) is 4.98 Å². The number of anilines is 2. The summed E-state index contributed by atoms with van der Waals surface area (Å²) >= 11 is 0. The monoisotopic (exact) mass is 882 g/mol. The number of methoxy groups -OCH3 is 1. The molecule has 2 aromatic carbocycles. The quantitative estimate of drug-likeness (QED) is 0.183. The minimum atomic E-state index is -0.590. The third kappa shape index (κ3) is 8.04. The first-order chi connectivity index (χ1) is 31.5. The molecule has 1 saturated carbocycles. The number of hydrogen-bond acceptors (Lipinski definition) is 11. The molecule has 8 heterocycles. The highest BCUT2D eigenvalue weighted by Gasteiger charge is 2.46. The lowest BCUT2D eigenvalue weighted by molar-refractivity contribution is -0.136. The molecule has 14 nitrogen and oxygen atoms in total. The lowest BCUT2D eigenvalue weighted by Gasteiger charge is -2.55. The third-order valence-electron chi connectivity index (χ3n) is 16.1. The van der Waals surface area contributed by atoms with E-state index in [-0.39, 0.29) is 29.7 Å². The average Bonchev–Trinajstić information content (AvgIpc) is 3.90. The molecule has 6 fully saturated rings. The van der Waals surface area contributed by atoms with Crippen molar-refractivity contribution >= 4 is 40.0 Å². The Morgan fingerprint density at radius 1 is 0.862 bits per heavy atom. The normalized spacial score (nSPS) is 24.6. The van der Waals surface area contributed by atoms with Gasteiger partial charge in [0.15, 0.2) is 0 Å². The molecule has 1 N–H and O–H groups in total. The summed E-state index contributed by atoms with van der Waals surface area (Å²) in [5.41, 5.74) is 6.03. The van der Waals surface area contributed by atoms with Crippen molar-refractivity contribution in [3.63, 3.8) is 0 Å². The number of benzene rings is 2. The molecule has 11 rings (SSSR count). The van der Waals surface area contributed by atoms with Crippen LogP contribution in [0.4, 0.5) is 11.5 Å². The van der Waals surface area contributed by atoms with Gasteiger partial charge in [-0.15, -0.1) is 0 Å². The first-order valence-corrected chi connectivity index (χ1v) is 24.1. The fraction of sp³-hybridized carbons (Fsp3) is 0.549. The average molecular weight is 883 g/mol. The molecule has 7 aliphatic rings. The molecule has 1 unspecified atom stereocenters. The van der Waals surface area contributed by atoms with E-state index in [4.69, 9.17) is 9.47 Å². The van der Waals surface area contributed by atoms with E-state index in [1.54, 1.807) is 22.8 Å². The van der Waals surface area contributed by atoms with Crippen LogP contribution >= 0.6 is 0 Å². The number of carbonyl (C=O) groups is 3. The lowest BCUT2D eigenvalue weighted by Crippen LogP contribution is -2.60. The number of nitrogens with zero attached hydrogens (tertiary/aromatic N) is 7. The molecule has 0 radical (unpaired) electrons. The van der Waals surface area contributed by atoms with E-state index in [0.29, 0.717) is 53.7 Å². The fourth-order valence-corrected chi connectivity index (χ4v) is 11.5. The maximum Gasteiger partial charge on any atom is 0.259 e. The number of amides is 3. The smallest absolute Gasteiger partial charge is 0.259 e. The van der Waals surface area contributed by atoms with Crippen LogP contribution in [0.3, 0.4) is 0 Å². The molecule has 1 aliphatic carbocycles. The van der Waals surface area contributed by atoms with Crippen LogP contribution in [-0.2, 0) is 29.7 Å². The van der Waals surface area contributed by atoms with Gasteiger partial charge in [-0.05, 0) is 130 Å². The molecule has 1 spiro atoms. The van der Waals surface area contributed by atoms with E-state index in [9.17, 15) is 19.2 Å². The molecule has 4 aromatic rings. The van der Waals surface area contributed by atoms with Gasteiger partial charge in [0, 0.05) is 99.3 Å². The molecule has 3 atom stereocenters. The zero-order valence-electron chi connectivity index (χ0n) is 38.2. The molecule has 65 heavy (non-hydrogen) atoms. The standard InChI is InChI=1S/C51H62N8O6/c1-32-19-36(32)29-65-45-21-35(41-27-54(2)49(62)40-24-52-46(23-39(40)41)57-13-4-14-57)20-44(64-3)42(45)28-55-15-9-33(10-16-55)25-56-17-11-51(12-18-56)30-58(31-51)37-6-5-34-26-59(50(63)38(34)22-37)43-7-8-47(60)53-48(43)61/h5-6,20-24,27,32-33,36,43H,4,7-19,25-26,28-31H2,1-3H3,(H,53,60,61)/t32?,36-,43+/m1/s1. The van der Waals surface area contributed by atoms with E-state index < -0.39 is 6.04 Å². The van der Waals surface area contributed by atoms with Crippen LogP contribution < -0.4 is 30.1 Å². The second-order valence-corrected chi connectivity index (χ2v) is 20.4. The van der Waals surface area contributed by atoms with Crippen molar-refractivity contribution in [2.45, 2.75) is 77.4 Å². The molecule has 5 saturated heterocycles. The third-order valence-corrected chi connectivity index (χ3v) is 16.1. The van der Waals surface area contributed by atoms with Crippen LogP contribution in [-0.4, -0.2) is 121 Å². The predicted molar refractivity (Wildman–Crippen MR) is 249 cm³/mol. The van der Waals surface area contributed by atoms with Crippen molar-refractivity contribution in [3.8, 4) is 22.6 Å². The number of pyridine rings is 2. The van der Waals surface area contributed by atoms with Crippen LogP contribution in [0, 0.1) is 23.2 Å². The maximum atomic E-state index is 13.4. The van der Waals surface area contributed by atoms with Crippen LogP contribution in [0.5, 0.6) is 11.5 Å². The van der Waals surface area contributed by atoms with Crippen LogP contribution in [0.1, 0.15) is 79.8 Å². The first-order valence-electron chi connectivity index (χ1n) is 24.1. The van der Waals surface area contributed by atoms with Gasteiger partial charge in [-0.2, -0.15) is 0 Å². The predicted octanol–water partition coefficient (Wildman–Crippen LogP) is 5.43. The van der Waals surface area contributed by atoms with Gasteiger partial charge < -0.3 is 33.6 Å². The van der Waals surface area contributed by atoms with Crippen molar-refractivity contribution < 1.29 is 23.9 Å². The highest BCUT2D eigenvalue weighted by molar-refractivity contribution is 6.05. The second-order valence-electron chi connectivity index (χ2n) is 20.4. The minimum Gasteiger partial charge on any atom is -0.496 e. The zero-order valence-corrected chi connectivity index (χ0v) is 38.2. The number of fused-ring (bicyclic) bond motifs is 2. The van der Waals surface area contributed by atoms with Crippen molar-refractivity contribution in [3.05, 3.63) is 75.8 Å². The molecule has 2 aromatic heterocycles. The molecular formula is C51H62N8O6. The Morgan fingerprint density at radius 3 is 2.34 bits per heavy atom. The van der Waals surface area contributed by atoms with E-state index in [0.717, 1.165) is 123 Å². The molecule has 0 bridgehead atoms. The van der Waals surface area contributed by atoms with Crippen molar-refractivity contribution in [2.24, 2.45) is 30.2 Å². The number of piperidine rings is 3. The number of aromatic nitrogens is 2. The van der Waals surface area contributed by atoms with Crippen molar-refractivity contribution in [1.29, 1.82) is 0 Å². The van der Waals surface area contributed by atoms with Crippen LogP contribution in [0.2, 0.25) is 0 Å². The number of ether oxygens (including phenoxy) is 2. The van der Waals surface area contributed by atoms with Gasteiger partial charge in [-0.3, -0.25) is 29.4 Å². The summed E-state index contributed by atoms with van der Waals surface area (Å²) < 4.78 is 14.6. The molecule has 3 amide bonds. The van der Waals surface area contributed by atoms with Crippen LogP contribution in [0.25, 0.3) is 21.9 Å². The summed E-state index contributed by atoms with van der Waals surface area (Å²) in [7, 11) is 3.57. The SMILES string of the molecule is COc1cc(-c2cn(C)c(=O)c3cnc(N4CCC4)cc23)cc(OC[C@H]2CC2C)c1CN1CCC(CN2CCC3(CC2)CN(c2ccc4c(c2)C(=O)N([C@H]2CCC(=O)NC2=O)C4)C3)CC1. The maximum absolute atomic E-state index is 13.4. The van der Waals surface area contributed by atoms with Gasteiger partial charge in [0.25, 0.3) is 11.5 Å². The Bertz CT molecular complexity index is 2600. The molecule has 14 heteroatoms. The number of carbonyl (C=O) groups excluding carboxylic acids is 3. The highest BCUT2D eigenvalue weighted by atomic mass is 16.5. The summed E-state index contributed by atoms with van der Waals surface area (Å²) in [6, 6.07) is 12.0. The van der Waals surface area contributed by atoms with Crippen molar-refractivity contribution in [1.82, 2.24) is 29.6 Å². The summed E-state index contributed by atoms with van der Waals surface area (Å²) in [5, 5.41) is 3.91. The topological polar surface area (TPSA) is 133 Å². The fourth-order valence-electron chi connectivity index (χ4n) is 11.5. The molecular weight excluding hydrogens is 821 g/mol. The number of likely N-dealkylation sites (tertiary alicyclic amines) is 2. The summed E-state index contributed by atoms with van der Waals surface area (Å²) in [6.45, 7) is 13.6. The van der Waals surface area contributed by atoms with E-state index in [1.807, 2.05) is 25.4 Å². The Kier molecular flexibility index (Phi) is 10.9. The number of imide groups is 1. The Morgan fingerprint density at radius 2 is 1.63 bits per heavy atom. The Labute approximate surface area is 380 Å². The number of hydrogen-bond donors (Lipinski definition) is 1. The molecule has 6 aliphatic heterocycles. The summed E-state index contributed by atoms with van der Waals surface area (Å²) in [6.07, 6.45) is 11.4. The van der Waals surface area contributed by atoms with Crippen LogP contribution in [0.15, 0.2) is 53.6 Å². The van der Waals surface area contributed by atoms with E-state index in [2.05, 4.69) is 61.1 Å². The largest absolute Gasteiger partial charge is 0.496 e. The van der Waals surface area contributed by atoms with Gasteiger partial charge >= 0.3 is 0 Å². The van der Waals surface area contributed by atoms with Gasteiger partial charge in [0.05, 0.1) is 24.7 Å². The lowest BCUT2D eigenvalue weighted by atomic mass is 9.71.